The first-order valence-electron chi connectivity index (χ1n) is 6.62. The van der Waals surface area contributed by atoms with Gasteiger partial charge in [0.2, 0.25) is 5.91 Å². The zero-order chi connectivity index (χ0) is 15.4. The molecule has 4 N–H and O–H groups in total. The molecule has 0 bridgehead atoms. The number of fused-ring (bicyclic) bond motifs is 1. The van der Waals surface area contributed by atoms with E-state index in [0.717, 1.165) is 24.1 Å². The highest BCUT2D eigenvalue weighted by molar-refractivity contribution is 5.93. The molecule has 21 heavy (non-hydrogen) atoms. The van der Waals surface area contributed by atoms with Crippen LogP contribution in [0.25, 0.3) is 0 Å². The van der Waals surface area contributed by atoms with Crippen molar-refractivity contribution in [2.45, 2.75) is 19.4 Å². The molecule has 2 rings (SSSR count). The van der Waals surface area contributed by atoms with Crippen molar-refractivity contribution in [2.75, 3.05) is 13.1 Å². The fraction of sp³-hybridized carbons (Fsp3) is 0.357. The molecular formula is C14H17N3O4. The van der Waals surface area contributed by atoms with Gasteiger partial charge in [0.05, 0.1) is 5.56 Å². The lowest BCUT2D eigenvalue weighted by Gasteiger charge is -2.28. The molecule has 112 valence electrons. The quantitative estimate of drug-likeness (QED) is 0.740. The Balaban J connectivity index is 1.95. The second-order valence-corrected chi connectivity index (χ2v) is 4.98. The summed E-state index contributed by atoms with van der Waals surface area (Å²) < 4.78 is 0. The van der Waals surface area contributed by atoms with Crippen LogP contribution in [-0.2, 0) is 17.8 Å². The Bertz CT molecular complexity index is 586. The zero-order valence-corrected chi connectivity index (χ0v) is 11.5. The minimum absolute atomic E-state index is 0.177. The summed E-state index contributed by atoms with van der Waals surface area (Å²) >= 11 is 0. The molecule has 0 saturated heterocycles. The van der Waals surface area contributed by atoms with Gasteiger partial charge in [-0.1, -0.05) is 6.07 Å². The number of carbonyl (C=O) groups is 3. The Labute approximate surface area is 121 Å². The van der Waals surface area contributed by atoms with Gasteiger partial charge in [0.25, 0.3) is 0 Å². The fourth-order valence-electron chi connectivity index (χ4n) is 2.40. The van der Waals surface area contributed by atoms with E-state index in [1.165, 1.54) is 0 Å². The Morgan fingerprint density at radius 3 is 2.71 bits per heavy atom. The number of urea groups is 1. The summed E-state index contributed by atoms with van der Waals surface area (Å²) in [4.78, 5) is 34.9. The van der Waals surface area contributed by atoms with Crippen molar-refractivity contribution in [1.82, 2.24) is 10.2 Å². The molecule has 0 radical (unpaired) electrons. The molecule has 0 aromatic heterocycles. The summed E-state index contributed by atoms with van der Waals surface area (Å²) in [5.41, 5.74) is 7.24. The van der Waals surface area contributed by atoms with E-state index in [-0.39, 0.29) is 12.0 Å². The number of nitrogens with two attached hydrogens (primary N) is 1. The summed E-state index contributed by atoms with van der Waals surface area (Å²) in [7, 11) is 0. The number of nitrogens with one attached hydrogen (secondary N) is 1. The molecule has 1 aliphatic rings. The van der Waals surface area contributed by atoms with Gasteiger partial charge in [0.1, 0.15) is 0 Å². The first kappa shape index (κ1) is 15.0. The maximum absolute atomic E-state index is 11.4. The van der Waals surface area contributed by atoms with Crippen molar-refractivity contribution in [3.8, 4) is 0 Å². The maximum atomic E-state index is 11.4. The lowest BCUT2D eigenvalue weighted by Crippen LogP contribution is -2.38. The van der Waals surface area contributed by atoms with Gasteiger partial charge >= 0.3 is 12.0 Å². The average molecular weight is 291 g/mol. The van der Waals surface area contributed by atoms with Crippen molar-refractivity contribution < 1.29 is 19.5 Å². The standard InChI is InChI=1S/C14H17N3O4/c15-14(21)16-12(18)4-6-17-5-3-9-1-2-10(13(19)20)7-11(9)8-17/h1-2,7H,3-6,8H2,(H,19,20)(H3,15,16,18,21). The van der Waals surface area contributed by atoms with E-state index < -0.39 is 17.9 Å². The number of imide groups is 1. The van der Waals surface area contributed by atoms with Gasteiger partial charge in [0, 0.05) is 26.1 Å². The van der Waals surface area contributed by atoms with E-state index >= 15 is 0 Å². The Hall–Kier alpha value is -2.41. The minimum Gasteiger partial charge on any atom is -0.478 e. The molecule has 3 amide bonds. The summed E-state index contributed by atoms with van der Waals surface area (Å²) in [6.07, 6.45) is 0.990. The Morgan fingerprint density at radius 2 is 2.05 bits per heavy atom. The second kappa shape index (κ2) is 6.36. The van der Waals surface area contributed by atoms with Gasteiger partial charge in [0.15, 0.2) is 0 Å². The van der Waals surface area contributed by atoms with Crippen molar-refractivity contribution >= 4 is 17.9 Å². The summed E-state index contributed by atoms with van der Waals surface area (Å²) in [6.45, 7) is 1.89. The molecule has 1 aromatic carbocycles. The normalized spacial score (nSPS) is 14.3. The predicted molar refractivity (Wildman–Crippen MR) is 74.7 cm³/mol. The number of hydrogen-bond acceptors (Lipinski definition) is 4. The smallest absolute Gasteiger partial charge is 0.335 e. The van der Waals surface area contributed by atoms with Gasteiger partial charge in [-0.15, -0.1) is 0 Å². The minimum atomic E-state index is -0.948. The van der Waals surface area contributed by atoms with Crippen LogP contribution in [0.15, 0.2) is 18.2 Å². The molecule has 1 aromatic rings. The van der Waals surface area contributed by atoms with Crippen LogP contribution >= 0.6 is 0 Å². The third-order valence-electron chi connectivity index (χ3n) is 3.46. The number of aromatic carboxylic acids is 1. The Kier molecular flexibility index (Phi) is 4.54. The van der Waals surface area contributed by atoms with Crippen LogP contribution in [0.5, 0.6) is 0 Å². The van der Waals surface area contributed by atoms with E-state index in [9.17, 15) is 14.4 Å². The zero-order valence-electron chi connectivity index (χ0n) is 11.5. The predicted octanol–water partition coefficient (Wildman–Crippen LogP) is 0.328. The van der Waals surface area contributed by atoms with E-state index in [0.29, 0.717) is 13.1 Å². The first-order valence-corrected chi connectivity index (χ1v) is 6.62. The van der Waals surface area contributed by atoms with Crippen LogP contribution in [-0.4, -0.2) is 41.0 Å². The second-order valence-electron chi connectivity index (χ2n) is 4.98. The lowest BCUT2D eigenvalue weighted by molar-refractivity contribution is -0.120. The van der Waals surface area contributed by atoms with Crippen LogP contribution in [0.4, 0.5) is 4.79 Å². The van der Waals surface area contributed by atoms with Gasteiger partial charge in [-0.25, -0.2) is 9.59 Å². The molecule has 7 heteroatoms. The van der Waals surface area contributed by atoms with Gasteiger partial charge in [-0.2, -0.15) is 0 Å². The van der Waals surface area contributed by atoms with Gasteiger partial charge < -0.3 is 10.8 Å². The van der Waals surface area contributed by atoms with Crippen LogP contribution < -0.4 is 11.1 Å². The van der Waals surface area contributed by atoms with Gasteiger partial charge in [-0.05, 0) is 29.7 Å². The lowest BCUT2D eigenvalue weighted by atomic mass is 9.97. The molecule has 0 spiro atoms. The molecule has 0 unspecified atom stereocenters. The molecule has 1 aliphatic heterocycles. The third-order valence-corrected chi connectivity index (χ3v) is 3.46. The first-order chi connectivity index (χ1) is 9.95. The Morgan fingerprint density at radius 1 is 1.29 bits per heavy atom. The fourth-order valence-corrected chi connectivity index (χ4v) is 2.40. The van der Waals surface area contributed by atoms with Crippen LogP contribution in [0, 0.1) is 0 Å². The van der Waals surface area contributed by atoms with Crippen molar-refractivity contribution in [1.29, 1.82) is 0 Å². The van der Waals surface area contributed by atoms with Crippen molar-refractivity contribution in [2.24, 2.45) is 5.73 Å². The molecule has 1 heterocycles. The van der Waals surface area contributed by atoms with Crippen LogP contribution in [0.1, 0.15) is 27.9 Å². The van der Waals surface area contributed by atoms with Gasteiger partial charge in [-0.3, -0.25) is 15.0 Å². The number of nitrogens with zero attached hydrogens (tertiary/aromatic N) is 1. The highest BCUT2D eigenvalue weighted by Crippen LogP contribution is 2.20. The number of carboxylic acids is 1. The van der Waals surface area contributed by atoms with Crippen LogP contribution in [0.2, 0.25) is 0 Å². The average Bonchev–Trinajstić information content (AvgIpc) is 2.43. The number of benzene rings is 1. The summed E-state index contributed by atoms with van der Waals surface area (Å²) in [6, 6.07) is 4.27. The highest BCUT2D eigenvalue weighted by Gasteiger charge is 2.18. The molecule has 7 nitrogen and oxygen atoms in total. The number of primary amides is 1. The van der Waals surface area contributed by atoms with E-state index in [2.05, 4.69) is 4.90 Å². The van der Waals surface area contributed by atoms with Crippen molar-refractivity contribution in [3.05, 3.63) is 34.9 Å². The monoisotopic (exact) mass is 291 g/mol. The number of carboxylic acid groups (broad SMARTS) is 1. The SMILES string of the molecule is NC(=O)NC(=O)CCN1CCc2ccc(C(=O)O)cc2C1. The molecular weight excluding hydrogens is 274 g/mol. The maximum Gasteiger partial charge on any atom is 0.335 e. The summed E-state index contributed by atoms with van der Waals surface area (Å²) in [5, 5.41) is 11.0. The topological polar surface area (TPSA) is 113 Å². The van der Waals surface area contributed by atoms with E-state index in [4.69, 9.17) is 10.8 Å². The van der Waals surface area contributed by atoms with Crippen LogP contribution in [0.3, 0.4) is 0 Å². The van der Waals surface area contributed by atoms with E-state index in [1.807, 2.05) is 11.4 Å². The number of rotatable bonds is 4. The number of hydrogen-bond donors (Lipinski definition) is 3. The largest absolute Gasteiger partial charge is 0.478 e. The number of amides is 3. The summed E-state index contributed by atoms with van der Waals surface area (Å²) in [5.74, 6) is -1.36. The van der Waals surface area contributed by atoms with Crippen molar-refractivity contribution in [3.63, 3.8) is 0 Å². The molecule has 0 fully saturated rings. The molecule has 0 aliphatic carbocycles. The highest BCUT2D eigenvalue weighted by atomic mass is 16.4. The molecule has 0 saturated carbocycles. The third kappa shape index (κ3) is 4.03. The molecule has 0 atom stereocenters. The number of carbonyl (C=O) groups excluding carboxylic acids is 2. The van der Waals surface area contributed by atoms with E-state index in [1.54, 1.807) is 12.1 Å².